The van der Waals surface area contributed by atoms with Crippen LogP contribution in [0.4, 0.5) is 35.1 Å². The predicted octanol–water partition coefficient (Wildman–Crippen LogP) is 2.68. The topological polar surface area (TPSA) is 26.3 Å². The van der Waals surface area contributed by atoms with E-state index in [0.717, 1.165) is 0 Å². The van der Waals surface area contributed by atoms with Crippen LogP contribution in [-0.4, -0.2) is 30.9 Å². The average molecular weight is 260 g/mol. The first-order chi connectivity index (χ1) is 6.92. The molecule has 0 aliphatic heterocycles. The first kappa shape index (κ1) is 15.1. The average Bonchev–Trinajstić information content (AvgIpc) is 1.98. The van der Waals surface area contributed by atoms with E-state index >= 15 is 0 Å². The third kappa shape index (κ3) is 3.29. The van der Waals surface area contributed by atoms with Gasteiger partial charge in [0.25, 0.3) is 0 Å². The zero-order chi connectivity index (χ0) is 13.2. The quantitative estimate of drug-likeness (QED) is 0.573. The molecular formula is C6H4F8O2. The lowest BCUT2D eigenvalue weighted by Crippen LogP contribution is -2.55. The summed E-state index contributed by atoms with van der Waals surface area (Å²) in [6, 6.07) is -2.22. The SMILES string of the molecule is O=C(F)CCOC(F)(C(F)(F)F)C(F)(F)F. The summed E-state index contributed by atoms with van der Waals surface area (Å²) >= 11 is 0. The van der Waals surface area contributed by atoms with Crippen molar-refractivity contribution in [3.8, 4) is 0 Å². The zero-order valence-electron chi connectivity index (χ0n) is 7.25. The molecule has 0 unspecified atom stereocenters. The predicted molar refractivity (Wildman–Crippen MR) is 32.6 cm³/mol. The summed E-state index contributed by atoms with van der Waals surface area (Å²) in [5.74, 6) is -5.91. The van der Waals surface area contributed by atoms with Crippen molar-refractivity contribution in [2.75, 3.05) is 6.61 Å². The Morgan fingerprint density at radius 3 is 1.56 bits per heavy atom. The number of carbonyl (C=O) groups excluding carboxylic acids is 1. The number of rotatable bonds is 4. The minimum Gasteiger partial charge on any atom is -0.331 e. The summed E-state index contributed by atoms with van der Waals surface area (Å²) in [6.45, 7) is -1.68. The molecule has 0 atom stereocenters. The molecule has 0 aliphatic carbocycles. The van der Waals surface area contributed by atoms with Gasteiger partial charge in [-0.15, -0.1) is 0 Å². The Morgan fingerprint density at radius 2 is 1.31 bits per heavy atom. The third-order valence-electron chi connectivity index (χ3n) is 1.33. The first-order valence-corrected chi connectivity index (χ1v) is 3.56. The van der Waals surface area contributed by atoms with Crippen molar-refractivity contribution in [1.29, 1.82) is 0 Å². The molecule has 0 fully saturated rings. The lowest BCUT2D eigenvalue weighted by Gasteiger charge is -2.29. The number of alkyl halides is 7. The Kier molecular flexibility index (Phi) is 4.25. The van der Waals surface area contributed by atoms with Crippen molar-refractivity contribution in [3.63, 3.8) is 0 Å². The van der Waals surface area contributed by atoms with Crippen LogP contribution in [0.1, 0.15) is 6.42 Å². The molecular weight excluding hydrogens is 256 g/mol. The van der Waals surface area contributed by atoms with Gasteiger partial charge >= 0.3 is 24.2 Å². The fourth-order valence-corrected chi connectivity index (χ4v) is 0.596. The molecule has 0 spiro atoms. The maximum absolute atomic E-state index is 12.6. The lowest BCUT2D eigenvalue weighted by molar-refractivity contribution is -0.429. The van der Waals surface area contributed by atoms with Gasteiger partial charge in [-0.2, -0.15) is 35.1 Å². The molecule has 16 heavy (non-hydrogen) atoms. The minimum atomic E-state index is -6.37. The van der Waals surface area contributed by atoms with E-state index < -0.39 is 37.3 Å². The summed E-state index contributed by atoms with van der Waals surface area (Å²) in [7, 11) is 0. The normalized spacial score (nSPS) is 14.0. The second-order valence-corrected chi connectivity index (χ2v) is 2.54. The van der Waals surface area contributed by atoms with Gasteiger partial charge in [-0.3, -0.25) is 4.79 Å². The fourth-order valence-electron chi connectivity index (χ4n) is 0.596. The second kappa shape index (κ2) is 4.52. The van der Waals surface area contributed by atoms with Crippen LogP contribution in [0, 0.1) is 0 Å². The van der Waals surface area contributed by atoms with Crippen molar-refractivity contribution < 1.29 is 44.7 Å². The molecule has 96 valence electrons. The van der Waals surface area contributed by atoms with Gasteiger partial charge in [-0.1, -0.05) is 0 Å². The largest absolute Gasteiger partial charge is 0.458 e. The molecule has 0 aromatic heterocycles. The number of carbonyl (C=O) groups is 1. The Morgan fingerprint density at radius 1 is 0.938 bits per heavy atom. The molecule has 0 aromatic carbocycles. The summed E-state index contributed by atoms with van der Waals surface area (Å²) in [4.78, 5) is 9.60. The number of halogens is 8. The fraction of sp³-hybridized carbons (Fsp3) is 0.833. The van der Waals surface area contributed by atoms with Crippen molar-refractivity contribution in [2.24, 2.45) is 0 Å². The van der Waals surface area contributed by atoms with Gasteiger partial charge in [-0.25, -0.2) is 0 Å². The highest BCUT2D eigenvalue weighted by molar-refractivity contribution is 5.67. The van der Waals surface area contributed by atoms with E-state index in [9.17, 15) is 39.9 Å². The highest BCUT2D eigenvalue weighted by Crippen LogP contribution is 2.46. The van der Waals surface area contributed by atoms with E-state index in [-0.39, 0.29) is 0 Å². The van der Waals surface area contributed by atoms with Crippen molar-refractivity contribution in [1.82, 2.24) is 0 Å². The van der Waals surface area contributed by atoms with Gasteiger partial charge < -0.3 is 4.74 Å². The van der Waals surface area contributed by atoms with Gasteiger partial charge in [0, 0.05) is 0 Å². The van der Waals surface area contributed by atoms with E-state index in [1.807, 2.05) is 0 Å². The van der Waals surface area contributed by atoms with Crippen LogP contribution in [0.5, 0.6) is 0 Å². The summed E-state index contributed by atoms with van der Waals surface area (Å²) in [6.07, 6.45) is -14.1. The van der Waals surface area contributed by atoms with Gasteiger partial charge in [0.1, 0.15) is 0 Å². The molecule has 0 aromatic rings. The monoisotopic (exact) mass is 260 g/mol. The van der Waals surface area contributed by atoms with E-state index in [1.54, 1.807) is 0 Å². The van der Waals surface area contributed by atoms with Crippen LogP contribution in [-0.2, 0) is 9.53 Å². The Labute approximate surface area is 83.2 Å². The smallest absolute Gasteiger partial charge is 0.331 e. The van der Waals surface area contributed by atoms with Gasteiger partial charge in [0.15, 0.2) is 0 Å². The molecule has 0 saturated heterocycles. The highest BCUT2D eigenvalue weighted by Gasteiger charge is 2.74. The van der Waals surface area contributed by atoms with Crippen LogP contribution in [0.15, 0.2) is 0 Å². The van der Waals surface area contributed by atoms with Crippen LogP contribution in [0.2, 0.25) is 0 Å². The number of ether oxygens (including phenoxy) is 1. The summed E-state index contributed by atoms with van der Waals surface area (Å²) in [5, 5.41) is 0. The van der Waals surface area contributed by atoms with Gasteiger partial charge in [0.05, 0.1) is 13.0 Å². The lowest BCUT2D eigenvalue weighted by atomic mass is 10.3. The maximum Gasteiger partial charge on any atom is 0.458 e. The Hall–Kier alpha value is -0.930. The molecule has 0 radical (unpaired) electrons. The second-order valence-electron chi connectivity index (χ2n) is 2.54. The zero-order valence-corrected chi connectivity index (χ0v) is 7.25. The van der Waals surface area contributed by atoms with Crippen molar-refractivity contribution >= 4 is 6.04 Å². The molecule has 0 heterocycles. The van der Waals surface area contributed by atoms with E-state index in [2.05, 4.69) is 4.74 Å². The van der Waals surface area contributed by atoms with Gasteiger partial charge in [-0.05, 0) is 0 Å². The molecule has 10 heteroatoms. The van der Waals surface area contributed by atoms with E-state index in [4.69, 9.17) is 0 Å². The van der Waals surface area contributed by atoms with Crippen LogP contribution in [0.25, 0.3) is 0 Å². The molecule has 0 aliphatic rings. The Bertz CT molecular complexity index is 240. The molecule has 0 rings (SSSR count). The van der Waals surface area contributed by atoms with Crippen molar-refractivity contribution in [3.05, 3.63) is 0 Å². The van der Waals surface area contributed by atoms with E-state index in [0.29, 0.717) is 0 Å². The summed E-state index contributed by atoms with van der Waals surface area (Å²) < 4.78 is 97.3. The number of hydrogen-bond acceptors (Lipinski definition) is 2. The highest BCUT2D eigenvalue weighted by atomic mass is 19.4. The van der Waals surface area contributed by atoms with Crippen molar-refractivity contribution in [2.45, 2.75) is 24.6 Å². The molecule has 0 bridgehead atoms. The van der Waals surface area contributed by atoms with Crippen LogP contribution in [0.3, 0.4) is 0 Å². The molecule has 2 nitrogen and oxygen atoms in total. The Balaban J connectivity index is 4.78. The first-order valence-electron chi connectivity index (χ1n) is 3.56. The summed E-state index contributed by atoms with van der Waals surface area (Å²) in [5.41, 5.74) is 0. The van der Waals surface area contributed by atoms with E-state index in [1.165, 1.54) is 0 Å². The number of hydrogen-bond donors (Lipinski definition) is 0. The molecule has 0 N–H and O–H groups in total. The third-order valence-corrected chi connectivity index (χ3v) is 1.33. The maximum atomic E-state index is 12.6. The van der Waals surface area contributed by atoms with Crippen LogP contribution >= 0.6 is 0 Å². The van der Waals surface area contributed by atoms with Crippen LogP contribution < -0.4 is 0 Å². The standard InChI is InChI=1S/C6H4F8O2/c7-3(15)1-2-16-4(8,5(9,10)11)6(12,13)14/h1-2H2. The molecule has 0 amide bonds. The minimum absolute atomic E-state index is 1.40. The van der Waals surface area contributed by atoms with Gasteiger partial charge in [0.2, 0.25) is 0 Å². The molecule has 0 saturated carbocycles.